The first-order valence-corrected chi connectivity index (χ1v) is 12.7. The number of rotatable bonds is 9. The number of aromatic nitrogens is 2. The number of para-hydroxylation sites is 3. The molecule has 1 aliphatic rings. The van der Waals surface area contributed by atoms with Gasteiger partial charge in [0.2, 0.25) is 5.91 Å². The highest BCUT2D eigenvalue weighted by Gasteiger charge is 2.35. The molecule has 4 aromatic rings. The Kier molecular flexibility index (Phi) is 7.05. The number of hydrogen-bond donors (Lipinski definition) is 0. The number of hydrogen-bond acceptors (Lipinski definition) is 3. The van der Waals surface area contributed by atoms with E-state index in [0.717, 1.165) is 54.1 Å². The summed E-state index contributed by atoms with van der Waals surface area (Å²) in [5, 5.41) is 0.597. The quantitative estimate of drug-likeness (QED) is 0.249. The van der Waals surface area contributed by atoms with Crippen molar-refractivity contribution in [3.05, 3.63) is 89.2 Å². The Morgan fingerprint density at radius 2 is 1.77 bits per heavy atom. The number of carbonyl (C=O) groups is 1. The topological polar surface area (TPSA) is 47.4 Å². The summed E-state index contributed by atoms with van der Waals surface area (Å²) in [5.41, 5.74) is 4.17. The first kappa shape index (κ1) is 23.4. The van der Waals surface area contributed by atoms with Crippen molar-refractivity contribution in [2.75, 3.05) is 18.1 Å². The van der Waals surface area contributed by atoms with Crippen molar-refractivity contribution in [3.63, 3.8) is 0 Å². The van der Waals surface area contributed by atoms with Crippen molar-refractivity contribution in [1.29, 1.82) is 0 Å². The summed E-state index contributed by atoms with van der Waals surface area (Å²) in [6.07, 6.45) is 3.38. The van der Waals surface area contributed by atoms with Crippen LogP contribution in [0.5, 0.6) is 5.75 Å². The lowest BCUT2D eigenvalue weighted by Gasteiger charge is -2.18. The molecule has 35 heavy (non-hydrogen) atoms. The lowest BCUT2D eigenvalue weighted by molar-refractivity contribution is -0.117. The van der Waals surface area contributed by atoms with Crippen LogP contribution in [0.25, 0.3) is 11.0 Å². The SMILES string of the molecule is CCc1ccc(OCCCCn2c(C3CC(=O)N(c4ccccc4Cl)C3)nc3ccccc32)cc1. The van der Waals surface area contributed by atoms with Crippen molar-refractivity contribution in [2.24, 2.45) is 0 Å². The number of nitrogens with zero attached hydrogens (tertiary/aromatic N) is 3. The molecule has 1 unspecified atom stereocenters. The van der Waals surface area contributed by atoms with E-state index >= 15 is 0 Å². The molecule has 1 atom stereocenters. The number of halogens is 1. The maximum Gasteiger partial charge on any atom is 0.227 e. The summed E-state index contributed by atoms with van der Waals surface area (Å²) < 4.78 is 8.23. The summed E-state index contributed by atoms with van der Waals surface area (Å²) in [6.45, 7) is 4.25. The first-order chi connectivity index (χ1) is 17.1. The molecule has 1 amide bonds. The molecule has 0 radical (unpaired) electrons. The Labute approximate surface area is 211 Å². The van der Waals surface area contributed by atoms with E-state index in [0.29, 0.717) is 24.6 Å². The van der Waals surface area contributed by atoms with Gasteiger partial charge in [-0.1, -0.05) is 54.9 Å². The van der Waals surface area contributed by atoms with Crippen molar-refractivity contribution in [3.8, 4) is 5.75 Å². The minimum absolute atomic E-state index is 0.0273. The van der Waals surface area contributed by atoms with Crippen LogP contribution >= 0.6 is 11.6 Å². The highest BCUT2D eigenvalue weighted by Crippen LogP contribution is 2.36. The molecular formula is C29H30ClN3O2. The monoisotopic (exact) mass is 487 g/mol. The average Bonchev–Trinajstić information content (AvgIpc) is 3.45. The maximum atomic E-state index is 12.9. The fourth-order valence-electron chi connectivity index (χ4n) is 4.81. The maximum absolute atomic E-state index is 12.9. The standard InChI is InChI=1S/C29H30ClN3O2/c1-2-21-13-15-23(16-14-21)35-18-8-7-17-32-27-12-6-4-10-25(27)31-29(32)22-19-28(34)33(20-22)26-11-5-3-9-24(26)30/h3-6,9-16,22H,2,7-8,17-20H2,1H3. The lowest BCUT2D eigenvalue weighted by Crippen LogP contribution is -2.24. The smallest absolute Gasteiger partial charge is 0.227 e. The van der Waals surface area contributed by atoms with E-state index in [2.05, 4.69) is 29.7 Å². The van der Waals surface area contributed by atoms with Crippen molar-refractivity contribution in [1.82, 2.24) is 9.55 Å². The average molecular weight is 488 g/mol. The molecule has 5 rings (SSSR count). The Morgan fingerprint density at radius 1 is 1.00 bits per heavy atom. The van der Waals surface area contributed by atoms with Gasteiger partial charge in [-0.05, 0) is 61.2 Å². The zero-order valence-corrected chi connectivity index (χ0v) is 20.7. The van der Waals surface area contributed by atoms with E-state index in [-0.39, 0.29) is 11.8 Å². The number of fused-ring (bicyclic) bond motifs is 1. The van der Waals surface area contributed by atoms with E-state index in [1.807, 2.05) is 54.6 Å². The van der Waals surface area contributed by atoms with E-state index in [1.54, 1.807) is 4.90 Å². The molecule has 0 bridgehead atoms. The van der Waals surface area contributed by atoms with Crippen LogP contribution in [-0.2, 0) is 17.8 Å². The van der Waals surface area contributed by atoms with Gasteiger partial charge in [-0.15, -0.1) is 0 Å². The number of unbranched alkanes of at least 4 members (excludes halogenated alkanes) is 1. The fourth-order valence-corrected chi connectivity index (χ4v) is 5.05. The van der Waals surface area contributed by atoms with E-state index in [9.17, 15) is 4.79 Å². The van der Waals surface area contributed by atoms with E-state index in [1.165, 1.54) is 5.56 Å². The Bertz CT molecular complexity index is 1320. The molecule has 6 heteroatoms. The number of anilines is 1. The van der Waals surface area contributed by atoms with Crippen LogP contribution in [0.1, 0.15) is 43.5 Å². The van der Waals surface area contributed by atoms with Crippen LogP contribution in [-0.4, -0.2) is 28.6 Å². The van der Waals surface area contributed by atoms with Crippen LogP contribution in [0.3, 0.4) is 0 Å². The van der Waals surface area contributed by atoms with Gasteiger partial charge < -0.3 is 14.2 Å². The number of aryl methyl sites for hydroxylation is 2. The zero-order chi connectivity index (χ0) is 24.2. The number of benzene rings is 3. The normalized spacial score (nSPS) is 15.8. The summed E-state index contributed by atoms with van der Waals surface area (Å²) in [6, 6.07) is 24.1. The Balaban J connectivity index is 1.28. The minimum atomic E-state index is 0.0273. The second-order valence-electron chi connectivity index (χ2n) is 9.02. The second kappa shape index (κ2) is 10.5. The lowest BCUT2D eigenvalue weighted by atomic mass is 10.1. The fraction of sp³-hybridized carbons (Fsp3) is 0.310. The molecule has 0 N–H and O–H groups in total. The number of amides is 1. The number of imidazole rings is 1. The first-order valence-electron chi connectivity index (χ1n) is 12.4. The molecule has 2 heterocycles. The molecule has 0 spiro atoms. The van der Waals surface area contributed by atoms with Gasteiger partial charge in [0.05, 0.1) is 28.4 Å². The van der Waals surface area contributed by atoms with Crippen LogP contribution < -0.4 is 9.64 Å². The van der Waals surface area contributed by atoms with Crippen molar-refractivity contribution < 1.29 is 9.53 Å². The van der Waals surface area contributed by atoms with Crippen molar-refractivity contribution >= 4 is 34.2 Å². The number of ether oxygens (including phenoxy) is 1. The van der Waals surface area contributed by atoms with Gasteiger partial charge in [0, 0.05) is 25.4 Å². The van der Waals surface area contributed by atoms with Gasteiger partial charge in [0.15, 0.2) is 0 Å². The van der Waals surface area contributed by atoms with Gasteiger partial charge in [0.1, 0.15) is 11.6 Å². The van der Waals surface area contributed by atoms with Crippen LogP contribution in [0.15, 0.2) is 72.8 Å². The molecule has 0 aliphatic carbocycles. The van der Waals surface area contributed by atoms with Crippen molar-refractivity contribution in [2.45, 2.75) is 45.1 Å². The van der Waals surface area contributed by atoms with Crippen LogP contribution in [0.4, 0.5) is 5.69 Å². The Hall–Kier alpha value is -3.31. The van der Waals surface area contributed by atoms with Gasteiger partial charge >= 0.3 is 0 Å². The van der Waals surface area contributed by atoms with Crippen LogP contribution in [0, 0.1) is 0 Å². The van der Waals surface area contributed by atoms with E-state index in [4.69, 9.17) is 21.3 Å². The molecular weight excluding hydrogens is 458 g/mol. The summed E-state index contributed by atoms with van der Waals surface area (Å²) >= 11 is 6.39. The molecule has 0 saturated carbocycles. The second-order valence-corrected chi connectivity index (χ2v) is 9.43. The zero-order valence-electron chi connectivity index (χ0n) is 20.0. The van der Waals surface area contributed by atoms with E-state index < -0.39 is 0 Å². The van der Waals surface area contributed by atoms with Gasteiger partial charge in [-0.2, -0.15) is 0 Å². The van der Waals surface area contributed by atoms with Gasteiger partial charge in [-0.25, -0.2) is 4.98 Å². The molecule has 180 valence electrons. The Morgan fingerprint density at radius 3 is 2.57 bits per heavy atom. The van der Waals surface area contributed by atoms with Gasteiger partial charge in [0.25, 0.3) is 0 Å². The highest BCUT2D eigenvalue weighted by atomic mass is 35.5. The molecule has 5 nitrogen and oxygen atoms in total. The predicted molar refractivity (Wildman–Crippen MR) is 141 cm³/mol. The third-order valence-corrected chi connectivity index (χ3v) is 7.01. The summed E-state index contributed by atoms with van der Waals surface area (Å²) in [5.74, 6) is 2.01. The molecule has 1 saturated heterocycles. The minimum Gasteiger partial charge on any atom is -0.494 e. The number of carbonyl (C=O) groups excluding carboxylic acids is 1. The highest BCUT2D eigenvalue weighted by molar-refractivity contribution is 6.33. The third kappa shape index (κ3) is 5.06. The summed E-state index contributed by atoms with van der Waals surface area (Å²) in [7, 11) is 0. The summed E-state index contributed by atoms with van der Waals surface area (Å²) in [4.78, 5) is 19.7. The third-order valence-electron chi connectivity index (χ3n) is 6.69. The molecule has 3 aromatic carbocycles. The van der Waals surface area contributed by atoms with Gasteiger partial charge in [-0.3, -0.25) is 4.79 Å². The predicted octanol–water partition coefficient (Wildman–Crippen LogP) is 6.63. The largest absolute Gasteiger partial charge is 0.494 e. The molecule has 1 fully saturated rings. The molecule has 1 aromatic heterocycles. The van der Waals surface area contributed by atoms with Crippen LogP contribution in [0.2, 0.25) is 5.02 Å². The molecule has 1 aliphatic heterocycles.